The lowest BCUT2D eigenvalue weighted by Gasteiger charge is -2.20. The smallest absolute Gasteiger partial charge is 0.263 e. The number of halogens is 1. The Kier molecular flexibility index (Phi) is 4.89. The second-order valence-corrected chi connectivity index (χ2v) is 6.90. The van der Waals surface area contributed by atoms with E-state index in [4.69, 9.17) is 16.3 Å². The first-order valence-corrected chi connectivity index (χ1v) is 9.10. The van der Waals surface area contributed by atoms with Crippen LogP contribution in [0.15, 0.2) is 58.9 Å². The van der Waals surface area contributed by atoms with Crippen LogP contribution in [0.2, 0.25) is 5.02 Å². The number of imide groups is 1. The standard InChI is InChI=1S/C19H16ClN5O4/c1-29-14-7-3-5-12(9-14)21-15(26)10-24-17-16(22-23-24)18(27)25(19(17)28)13-6-2-4-11(20)8-13/h2-9,16-17H,10H2,1H3,(H,21,26). The van der Waals surface area contributed by atoms with Crippen molar-refractivity contribution in [3.63, 3.8) is 0 Å². The predicted molar refractivity (Wildman–Crippen MR) is 105 cm³/mol. The molecule has 2 aromatic rings. The zero-order valence-electron chi connectivity index (χ0n) is 15.3. The number of nitrogens with zero attached hydrogens (tertiary/aromatic N) is 4. The van der Waals surface area contributed by atoms with E-state index in [-0.39, 0.29) is 6.54 Å². The molecule has 0 radical (unpaired) electrons. The van der Waals surface area contributed by atoms with Gasteiger partial charge in [-0.1, -0.05) is 29.0 Å². The number of nitrogens with one attached hydrogen (secondary N) is 1. The number of anilines is 2. The minimum Gasteiger partial charge on any atom is -0.497 e. The summed E-state index contributed by atoms with van der Waals surface area (Å²) in [5.41, 5.74) is 0.897. The summed E-state index contributed by atoms with van der Waals surface area (Å²) >= 11 is 5.97. The maximum absolute atomic E-state index is 12.9. The molecule has 29 heavy (non-hydrogen) atoms. The average molecular weight is 414 g/mol. The van der Waals surface area contributed by atoms with Crippen molar-refractivity contribution < 1.29 is 19.1 Å². The van der Waals surface area contributed by atoms with Crippen molar-refractivity contribution in [3.8, 4) is 5.75 Å². The molecular weight excluding hydrogens is 398 g/mol. The third-order valence-corrected chi connectivity index (χ3v) is 4.82. The Balaban J connectivity index is 1.48. The van der Waals surface area contributed by atoms with E-state index in [0.29, 0.717) is 22.1 Å². The van der Waals surface area contributed by atoms with Crippen LogP contribution in [0, 0.1) is 0 Å². The molecule has 2 aliphatic heterocycles. The number of amides is 3. The Bertz CT molecular complexity index is 1030. The fourth-order valence-electron chi connectivity index (χ4n) is 3.27. The van der Waals surface area contributed by atoms with Crippen LogP contribution in [0.3, 0.4) is 0 Å². The number of methoxy groups -OCH3 is 1. The fourth-order valence-corrected chi connectivity index (χ4v) is 3.46. The molecule has 0 saturated carbocycles. The van der Waals surface area contributed by atoms with Gasteiger partial charge >= 0.3 is 0 Å². The van der Waals surface area contributed by atoms with Gasteiger partial charge in [-0.3, -0.25) is 19.4 Å². The Hall–Kier alpha value is -3.46. The zero-order valence-corrected chi connectivity index (χ0v) is 16.0. The van der Waals surface area contributed by atoms with E-state index < -0.39 is 29.8 Å². The summed E-state index contributed by atoms with van der Waals surface area (Å²) in [5, 5.41) is 12.1. The minimum atomic E-state index is -0.980. The van der Waals surface area contributed by atoms with Gasteiger partial charge in [0.1, 0.15) is 12.3 Å². The van der Waals surface area contributed by atoms with Crippen LogP contribution >= 0.6 is 11.6 Å². The summed E-state index contributed by atoms with van der Waals surface area (Å²) < 4.78 is 5.12. The number of benzene rings is 2. The van der Waals surface area contributed by atoms with Gasteiger partial charge < -0.3 is 10.1 Å². The van der Waals surface area contributed by atoms with Gasteiger partial charge in [0, 0.05) is 16.8 Å². The van der Waals surface area contributed by atoms with Gasteiger partial charge in [-0.05, 0) is 30.3 Å². The zero-order chi connectivity index (χ0) is 20.5. The highest BCUT2D eigenvalue weighted by Crippen LogP contribution is 2.32. The molecule has 0 aromatic heterocycles. The molecule has 2 atom stereocenters. The highest BCUT2D eigenvalue weighted by Gasteiger charge is 2.55. The van der Waals surface area contributed by atoms with Crippen LogP contribution < -0.4 is 15.0 Å². The van der Waals surface area contributed by atoms with E-state index in [1.165, 1.54) is 18.2 Å². The summed E-state index contributed by atoms with van der Waals surface area (Å²) in [6, 6.07) is 11.3. The molecule has 4 rings (SSSR count). The molecule has 3 amide bonds. The molecule has 148 valence electrons. The maximum atomic E-state index is 12.9. The molecule has 2 aliphatic rings. The molecular formula is C19H16ClN5O4. The third kappa shape index (κ3) is 3.52. The molecule has 2 unspecified atom stereocenters. The Morgan fingerprint density at radius 2 is 1.97 bits per heavy atom. The van der Waals surface area contributed by atoms with Crippen molar-refractivity contribution >= 4 is 40.7 Å². The summed E-state index contributed by atoms with van der Waals surface area (Å²) in [7, 11) is 1.53. The molecule has 1 saturated heterocycles. The molecule has 0 bridgehead atoms. The van der Waals surface area contributed by atoms with Crippen LogP contribution in [0.4, 0.5) is 11.4 Å². The summed E-state index contributed by atoms with van der Waals surface area (Å²) in [6.45, 7) is -0.232. The third-order valence-electron chi connectivity index (χ3n) is 4.58. The highest BCUT2D eigenvalue weighted by molar-refractivity contribution is 6.31. The van der Waals surface area contributed by atoms with E-state index in [2.05, 4.69) is 15.7 Å². The van der Waals surface area contributed by atoms with Gasteiger partial charge in [-0.15, -0.1) is 0 Å². The molecule has 1 N–H and O–H groups in total. The average Bonchev–Trinajstić information content (AvgIpc) is 3.21. The van der Waals surface area contributed by atoms with Crippen molar-refractivity contribution in [2.45, 2.75) is 12.1 Å². The van der Waals surface area contributed by atoms with Crippen molar-refractivity contribution in [2.24, 2.45) is 10.3 Å². The second kappa shape index (κ2) is 7.51. The summed E-state index contributed by atoms with van der Waals surface area (Å²) in [5.74, 6) is -0.806. The predicted octanol–water partition coefficient (Wildman–Crippen LogP) is 2.28. The van der Waals surface area contributed by atoms with Crippen LogP contribution in [0.5, 0.6) is 5.75 Å². The number of fused-ring (bicyclic) bond motifs is 1. The lowest BCUT2D eigenvalue weighted by atomic mass is 10.1. The first-order valence-electron chi connectivity index (χ1n) is 8.72. The Morgan fingerprint density at radius 1 is 1.17 bits per heavy atom. The Labute approximate surface area is 170 Å². The lowest BCUT2D eigenvalue weighted by Crippen LogP contribution is -2.43. The minimum absolute atomic E-state index is 0.232. The molecule has 10 heteroatoms. The monoisotopic (exact) mass is 413 g/mol. The summed E-state index contributed by atoms with van der Waals surface area (Å²) in [6.07, 6.45) is 0. The molecule has 1 fully saturated rings. The van der Waals surface area contributed by atoms with Crippen molar-refractivity contribution in [3.05, 3.63) is 53.6 Å². The topological polar surface area (TPSA) is 104 Å². The van der Waals surface area contributed by atoms with Crippen molar-refractivity contribution in [1.29, 1.82) is 0 Å². The van der Waals surface area contributed by atoms with Gasteiger partial charge in [0.25, 0.3) is 11.8 Å². The molecule has 0 spiro atoms. The first-order chi connectivity index (χ1) is 14.0. The van der Waals surface area contributed by atoms with E-state index in [9.17, 15) is 14.4 Å². The van der Waals surface area contributed by atoms with Crippen LogP contribution in [0.25, 0.3) is 0 Å². The van der Waals surface area contributed by atoms with E-state index in [0.717, 1.165) is 4.90 Å². The largest absolute Gasteiger partial charge is 0.497 e. The molecule has 0 aliphatic carbocycles. The van der Waals surface area contributed by atoms with E-state index in [1.54, 1.807) is 42.5 Å². The van der Waals surface area contributed by atoms with Crippen LogP contribution in [0.1, 0.15) is 0 Å². The highest BCUT2D eigenvalue weighted by atomic mass is 35.5. The van der Waals surface area contributed by atoms with Gasteiger partial charge in [0.2, 0.25) is 5.91 Å². The number of hydrogen-bond donors (Lipinski definition) is 1. The van der Waals surface area contributed by atoms with E-state index in [1.807, 2.05) is 0 Å². The van der Waals surface area contributed by atoms with Crippen LogP contribution in [-0.2, 0) is 14.4 Å². The summed E-state index contributed by atoms with van der Waals surface area (Å²) in [4.78, 5) is 39.0. The Morgan fingerprint density at radius 3 is 2.72 bits per heavy atom. The van der Waals surface area contributed by atoms with Crippen LogP contribution in [-0.4, -0.2) is 48.5 Å². The van der Waals surface area contributed by atoms with E-state index >= 15 is 0 Å². The quantitative estimate of drug-likeness (QED) is 0.757. The number of hydrogen-bond acceptors (Lipinski definition) is 7. The van der Waals surface area contributed by atoms with Crippen molar-refractivity contribution in [2.75, 3.05) is 23.9 Å². The second-order valence-electron chi connectivity index (χ2n) is 6.46. The molecule has 9 nitrogen and oxygen atoms in total. The normalized spacial score (nSPS) is 20.2. The fraction of sp³-hybridized carbons (Fsp3) is 0.211. The van der Waals surface area contributed by atoms with Gasteiger partial charge in [0.15, 0.2) is 12.1 Å². The SMILES string of the molecule is COc1cccc(NC(=O)CN2N=NC3C(=O)N(c4cccc(Cl)c4)C(=O)C32)c1. The molecule has 2 aromatic carbocycles. The number of carbonyl (C=O) groups is 3. The number of rotatable bonds is 5. The van der Waals surface area contributed by atoms with Gasteiger partial charge in [-0.2, -0.15) is 5.11 Å². The van der Waals surface area contributed by atoms with Crippen molar-refractivity contribution in [1.82, 2.24) is 5.01 Å². The molecule has 2 heterocycles. The van der Waals surface area contributed by atoms with Gasteiger partial charge in [-0.25, -0.2) is 4.90 Å². The number of ether oxygens (including phenoxy) is 1. The maximum Gasteiger partial charge on any atom is 0.263 e. The lowest BCUT2D eigenvalue weighted by molar-refractivity contribution is -0.123. The van der Waals surface area contributed by atoms with Gasteiger partial charge in [0.05, 0.1) is 12.8 Å². The first kappa shape index (κ1) is 18.9. The number of carbonyl (C=O) groups excluding carboxylic acids is 3.